The van der Waals surface area contributed by atoms with Crippen LogP contribution in [-0.4, -0.2) is 47.4 Å². The van der Waals surface area contributed by atoms with Gasteiger partial charge in [0.25, 0.3) is 0 Å². The molecule has 6 nitrogen and oxygen atoms in total. The van der Waals surface area contributed by atoms with Crippen LogP contribution in [0.3, 0.4) is 0 Å². The van der Waals surface area contributed by atoms with Crippen molar-refractivity contribution in [1.29, 1.82) is 0 Å². The van der Waals surface area contributed by atoms with Crippen LogP contribution in [0.15, 0.2) is 43.0 Å². The van der Waals surface area contributed by atoms with Gasteiger partial charge in [0.15, 0.2) is 6.04 Å². The van der Waals surface area contributed by atoms with Crippen molar-refractivity contribution in [3.63, 3.8) is 0 Å². The van der Waals surface area contributed by atoms with Gasteiger partial charge in [-0.15, -0.1) is 6.58 Å². The van der Waals surface area contributed by atoms with Crippen molar-refractivity contribution < 1.29 is 24.2 Å². The summed E-state index contributed by atoms with van der Waals surface area (Å²) < 4.78 is 10.6. The maximum Gasteiger partial charge on any atom is 0.410 e. The molecular weight excluding hydrogens is 286 g/mol. The van der Waals surface area contributed by atoms with Crippen LogP contribution in [0.1, 0.15) is 12.0 Å². The van der Waals surface area contributed by atoms with E-state index < -0.39 is 24.2 Å². The van der Waals surface area contributed by atoms with Crippen LogP contribution >= 0.6 is 0 Å². The van der Waals surface area contributed by atoms with Crippen LogP contribution in [0.4, 0.5) is 4.79 Å². The second kappa shape index (κ2) is 7.61. The second-order valence-corrected chi connectivity index (χ2v) is 4.97. The topological polar surface area (TPSA) is 76.1 Å². The van der Waals surface area contributed by atoms with E-state index in [0.717, 1.165) is 5.56 Å². The molecule has 1 aliphatic rings. The number of ether oxygens (including phenoxy) is 2. The molecule has 118 valence electrons. The van der Waals surface area contributed by atoms with Crippen molar-refractivity contribution in [3.05, 3.63) is 48.6 Å². The van der Waals surface area contributed by atoms with E-state index in [-0.39, 0.29) is 13.2 Å². The fourth-order valence-electron chi connectivity index (χ4n) is 2.43. The molecule has 0 aromatic heterocycles. The molecule has 0 radical (unpaired) electrons. The zero-order valence-corrected chi connectivity index (χ0v) is 12.2. The number of carboxylic acid groups (broad SMARTS) is 1. The smallest absolute Gasteiger partial charge is 0.410 e. The van der Waals surface area contributed by atoms with Gasteiger partial charge in [0, 0.05) is 6.54 Å². The van der Waals surface area contributed by atoms with E-state index in [9.17, 15) is 14.7 Å². The highest BCUT2D eigenvalue weighted by Crippen LogP contribution is 2.22. The minimum atomic E-state index is -1.09. The van der Waals surface area contributed by atoms with E-state index in [1.165, 1.54) is 4.90 Å². The first-order valence-electron chi connectivity index (χ1n) is 7.06. The zero-order valence-electron chi connectivity index (χ0n) is 12.2. The largest absolute Gasteiger partial charge is 0.480 e. The molecule has 0 spiro atoms. The summed E-state index contributed by atoms with van der Waals surface area (Å²) in [5.74, 6) is -1.09. The first-order chi connectivity index (χ1) is 10.6. The van der Waals surface area contributed by atoms with Crippen LogP contribution in [0.2, 0.25) is 0 Å². The van der Waals surface area contributed by atoms with Gasteiger partial charge in [-0.05, 0) is 12.0 Å². The number of rotatable bonds is 6. The summed E-state index contributed by atoms with van der Waals surface area (Å²) >= 11 is 0. The Morgan fingerprint density at radius 1 is 1.36 bits per heavy atom. The molecule has 1 amide bonds. The molecule has 1 aliphatic heterocycles. The van der Waals surface area contributed by atoms with E-state index in [1.807, 2.05) is 30.3 Å². The fraction of sp³-hybridized carbons (Fsp3) is 0.375. The van der Waals surface area contributed by atoms with Crippen molar-refractivity contribution in [3.8, 4) is 0 Å². The van der Waals surface area contributed by atoms with Gasteiger partial charge in [0.05, 0.1) is 12.7 Å². The van der Waals surface area contributed by atoms with Crippen LogP contribution in [0, 0.1) is 0 Å². The van der Waals surface area contributed by atoms with E-state index in [1.54, 1.807) is 6.08 Å². The normalized spacial score (nSPS) is 20.6. The molecule has 0 bridgehead atoms. The van der Waals surface area contributed by atoms with Crippen molar-refractivity contribution in [2.45, 2.75) is 25.2 Å². The number of hydrogen-bond donors (Lipinski definition) is 1. The third-order valence-electron chi connectivity index (χ3n) is 3.46. The highest BCUT2D eigenvalue weighted by Gasteiger charge is 2.43. The summed E-state index contributed by atoms with van der Waals surface area (Å²) in [7, 11) is 0. The number of carbonyl (C=O) groups excluding carboxylic acids is 1. The molecule has 0 saturated carbocycles. The number of hydrogen-bond acceptors (Lipinski definition) is 4. The van der Waals surface area contributed by atoms with Gasteiger partial charge < -0.3 is 14.6 Å². The van der Waals surface area contributed by atoms with E-state index in [4.69, 9.17) is 9.47 Å². The monoisotopic (exact) mass is 305 g/mol. The number of likely N-dealkylation sites (tertiary alicyclic amines) is 1. The summed E-state index contributed by atoms with van der Waals surface area (Å²) in [5, 5.41) is 9.33. The molecular formula is C16H19NO5. The summed E-state index contributed by atoms with van der Waals surface area (Å²) in [6, 6.07) is 8.21. The lowest BCUT2D eigenvalue weighted by Crippen LogP contribution is -2.46. The number of aliphatic carboxylic acids is 1. The van der Waals surface area contributed by atoms with E-state index >= 15 is 0 Å². The minimum absolute atomic E-state index is 0.112. The van der Waals surface area contributed by atoms with Crippen molar-refractivity contribution in [2.24, 2.45) is 0 Å². The Bertz CT molecular complexity index is 531. The van der Waals surface area contributed by atoms with Crippen molar-refractivity contribution in [2.75, 3.05) is 13.2 Å². The van der Waals surface area contributed by atoms with Crippen LogP contribution in [0.5, 0.6) is 0 Å². The molecule has 2 rings (SSSR count). The summed E-state index contributed by atoms with van der Waals surface area (Å²) in [6.07, 6.45) is 0.835. The van der Waals surface area contributed by atoms with Gasteiger partial charge in [-0.1, -0.05) is 36.4 Å². The average Bonchev–Trinajstić information content (AvgIpc) is 2.95. The standard InChI is InChI=1S/C16H19NO5/c1-2-10-21-13-8-9-17(14(13)15(18)19)16(20)22-11-12-6-4-3-5-7-12/h2-7,13-14H,1,8-11H2,(H,18,19)/t13-,14-/m0/s1. The van der Waals surface area contributed by atoms with Crippen LogP contribution in [0.25, 0.3) is 0 Å². The van der Waals surface area contributed by atoms with Crippen molar-refractivity contribution in [1.82, 2.24) is 4.90 Å². The molecule has 0 aliphatic carbocycles. The lowest BCUT2D eigenvalue weighted by atomic mass is 10.2. The number of amides is 1. The molecule has 1 saturated heterocycles. The molecule has 0 unspecified atom stereocenters. The quantitative estimate of drug-likeness (QED) is 0.814. The van der Waals surface area contributed by atoms with E-state index in [0.29, 0.717) is 13.0 Å². The average molecular weight is 305 g/mol. The van der Waals surface area contributed by atoms with Gasteiger partial charge in [0.1, 0.15) is 6.61 Å². The number of carboxylic acids is 1. The molecule has 22 heavy (non-hydrogen) atoms. The SMILES string of the molecule is C=CCO[C@H]1CCN(C(=O)OCc2ccccc2)[C@@H]1C(=O)O. The van der Waals surface area contributed by atoms with Gasteiger partial charge in [-0.3, -0.25) is 4.90 Å². The highest BCUT2D eigenvalue weighted by atomic mass is 16.6. The molecule has 1 aromatic rings. The Kier molecular flexibility index (Phi) is 5.55. The predicted molar refractivity (Wildman–Crippen MR) is 79.3 cm³/mol. The fourth-order valence-corrected chi connectivity index (χ4v) is 2.43. The van der Waals surface area contributed by atoms with Gasteiger partial charge >= 0.3 is 12.1 Å². The maximum atomic E-state index is 12.1. The van der Waals surface area contributed by atoms with Crippen LogP contribution < -0.4 is 0 Å². The van der Waals surface area contributed by atoms with Gasteiger partial charge in [-0.25, -0.2) is 9.59 Å². The minimum Gasteiger partial charge on any atom is -0.480 e. The first-order valence-corrected chi connectivity index (χ1v) is 7.06. The molecule has 1 N–H and O–H groups in total. The molecule has 1 aromatic carbocycles. The second-order valence-electron chi connectivity index (χ2n) is 4.97. The summed E-state index contributed by atoms with van der Waals surface area (Å²) in [6.45, 7) is 4.19. The third kappa shape index (κ3) is 3.85. The molecule has 1 heterocycles. The Morgan fingerprint density at radius 2 is 2.09 bits per heavy atom. The van der Waals surface area contributed by atoms with Crippen molar-refractivity contribution >= 4 is 12.1 Å². The molecule has 1 fully saturated rings. The predicted octanol–water partition coefficient (Wildman–Crippen LogP) is 2.05. The first kappa shape index (κ1) is 16.0. The third-order valence-corrected chi connectivity index (χ3v) is 3.46. The van der Waals surface area contributed by atoms with Crippen LogP contribution in [-0.2, 0) is 20.9 Å². The zero-order chi connectivity index (χ0) is 15.9. The number of benzene rings is 1. The Labute approximate surface area is 128 Å². The maximum absolute atomic E-state index is 12.1. The Balaban J connectivity index is 1.96. The van der Waals surface area contributed by atoms with Gasteiger partial charge in [0.2, 0.25) is 0 Å². The molecule has 6 heteroatoms. The number of carbonyl (C=O) groups is 2. The Hall–Kier alpha value is -2.34. The number of nitrogens with zero attached hydrogens (tertiary/aromatic N) is 1. The lowest BCUT2D eigenvalue weighted by molar-refractivity contribution is -0.145. The molecule has 2 atom stereocenters. The van der Waals surface area contributed by atoms with Gasteiger partial charge in [-0.2, -0.15) is 0 Å². The highest BCUT2D eigenvalue weighted by molar-refractivity contribution is 5.81. The van der Waals surface area contributed by atoms with E-state index in [2.05, 4.69) is 6.58 Å². The Morgan fingerprint density at radius 3 is 2.73 bits per heavy atom. The summed E-state index contributed by atoms with van der Waals surface area (Å²) in [4.78, 5) is 24.7. The lowest BCUT2D eigenvalue weighted by Gasteiger charge is -2.23. The summed E-state index contributed by atoms with van der Waals surface area (Å²) in [5.41, 5.74) is 0.848.